The molecule has 7 nitrogen and oxygen atoms in total. The molecule has 1 amide bonds. The summed E-state index contributed by atoms with van der Waals surface area (Å²) in [7, 11) is 0. The van der Waals surface area contributed by atoms with Crippen molar-refractivity contribution in [3.63, 3.8) is 0 Å². The number of primary amides is 1. The van der Waals surface area contributed by atoms with E-state index in [1.807, 2.05) is 24.3 Å². The molecular weight excluding hydrogens is 232 g/mol. The smallest absolute Gasteiger partial charge is 0.239 e. The van der Waals surface area contributed by atoms with Crippen molar-refractivity contribution in [3.05, 3.63) is 24.3 Å². The Morgan fingerprint density at radius 3 is 2.78 bits per heavy atom. The van der Waals surface area contributed by atoms with Crippen LogP contribution >= 0.6 is 0 Å². The lowest BCUT2D eigenvalue weighted by Gasteiger charge is -2.09. The molecule has 6 N–H and O–H groups in total. The van der Waals surface area contributed by atoms with Crippen molar-refractivity contribution >= 4 is 28.6 Å². The van der Waals surface area contributed by atoms with Crippen molar-refractivity contribution in [1.82, 2.24) is 9.97 Å². The summed E-state index contributed by atoms with van der Waals surface area (Å²) in [6.07, 6.45) is 0.240. The Labute approximate surface area is 104 Å². The first-order valence-corrected chi connectivity index (χ1v) is 5.46. The summed E-state index contributed by atoms with van der Waals surface area (Å²) in [5.74, 6) is 5.88. The first-order valence-electron chi connectivity index (χ1n) is 5.46. The second-order valence-electron chi connectivity index (χ2n) is 3.70. The highest BCUT2D eigenvalue weighted by Crippen LogP contribution is 2.21. The van der Waals surface area contributed by atoms with Crippen LogP contribution in [0.1, 0.15) is 6.42 Å². The quantitative estimate of drug-likeness (QED) is 0.442. The fourth-order valence-electron chi connectivity index (χ4n) is 1.58. The van der Waals surface area contributed by atoms with Crippen LogP contribution in [0.3, 0.4) is 0 Å². The molecule has 1 heterocycles. The van der Waals surface area contributed by atoms with Gasteiger partial charge in [0.15, 0.2) is 0 Å². The van der Waals surface area contributed by atoms with Gasteiger partial charge in [-0.15, -0.1) is 0 Å². The van der Waals surface area contributed by atoms with Crippen LogP contribution in [0.25, 0.3) is 10.9 Å². The van der Waals surface area contributed by atoms with Crippen LogP contribution in [0.4, 0.5) is 11.8 Å². The lowest BCUT2D eigenvalue weighted by atomic mass is 10.2. The third-order valence-corrected chi connectivity index (χ3v) is 2.40. The molecule has 0 unspecified atom stereocenters. The van der Waals surface area contributed by atoms with Crippen LogP contribution in [-0.4, -0.2) is 22.4 Å². The largest absolute Gasteiger partial charge is 0.370 e. The molecule has 7 heteroatoms. The maximum Gasteiger partial charge on any atom is 0.239 e. The van der Waals surface area contributed by atoms with Gasteiger partial charge in [-0.1, -0.05) is 12.1 Å². The van der Waals surface area contributed by atoms with E-state index in [4.69, 9.17) is 11.6 Å². The van der Waals surface area contributed by atoms with Gasteiger partial charge in [-0.25, -0.2) is 10.8 Å². The minimum Gasteiger partial charge on any atom is -0.370 e. The molecule has 0 atom stereocenters. The van der Waals surface area contributed by atoms with Gasteiger partial charge in [-0.3, -0.25) is 10.2 Å². The Kier molecular flexibility index (Phi) is 3.54. The zero-order valence-corrected chi connectivity index (χ0v) is 9.68. The molecule has 0 saturated carbocycles. The second-order valence-corrected chi connectivity index (χ2v) is 3.70. The molecule has 0 aliphatic rings. The van der Waals surface area contributed by atoms with Crippen LogP contribution in [0.15, 0.2) is 24.3 Å². The van der Waals surface area contributed by atoms with Crippen molar-refractivity contribution < 1.29 is 4.79 Å². The fraction of sp³-hybridized carbons (Fsp3) is 0.182. The van der Waals surface area contributed by atoms with Crippen molar-refractivity contribution in [2.24, 2.45) is 11.6 Å². The SMILES string of the molecule is NNc1nc(NCCC(N)=O)c2ccccc2n1. The third-order valence-electron chi connectivity index (χ3n) is 2.40. The maximum absolute atomic E-state index is 10.7. The molecule has 0 aliphatic carbocycles. The minimum atomic E-state index is -0.363. The van der Waals surface area contributed by atoms with E-state index in [9.17, 15) is 4.79 Å². The second kappa shape index (κ2) is 5.28. The summed E-state index contributed by atoms with van der Waals surface area (Å²) in [4.78, 5) is 19.1. The number of hydrazine groups is 1. The van der Waals surface area contributed by atoms with Gasteiger partial charge in [0.1, 0.15) is 5.82 Å². The zero-order chi connectivity index (χ0) is 13.0. The highest BCUT2D eigenvalue weighted by Gasteiger charge is 2.06. The average molecular weight is 246 g/mol. The van der Waals surface area contributed by atoms with Crippen LogP contribution in [0.5, 0.6) is 0 Å². The summed E-state index contributed by atoms with van der Waals surface area (Å²) >= 11 is 0. The molecule has 18 heavy (non-hydrogen) atoms. The number of carbonyl (C=O) groups is 1. The number of rotatable bonds is 5. The third kappa shape index (κ3) is 2.64. The summed E-state index contributed by atoms with van der Waals surface area (Å²) in [5.41, 5.74) is 8.25. The highest BCUT2D eigenvalue weighted by atomic mass is 16.1. The Hall–Kier alpha value is -2.41. The molecule has 2 rings (SSSR count). The highest BCUT2D eigenvalue weighted by molar-refractivity contribution is 5.90. The molecule has 0 spiro atoms. The van der Waals surface area contributed by atoms with Crippen molar-refractivity contribution in [1.29, 1.82) is 0 Å². The van der Waals surface area contributed by atoms with E-state index in [1.54, 1.807) is 0 Å². The number of hydrogen-bond acceptors (Lipinski definition) is 6. The monoisotopic (exact) mass is 246 g/mol. The van der Waals surface area contributed by atoms with Crippen LogP contribution in [0.2, 0.25) is 0 Å². The number of nitrogens with two attached hydrogens (primary N) is 2. The van der Waals surface area contributed by atoms with Gasteiger partial charge in [0.25, 0.3) is 0 Å². The Balaban J connectivity index is 2.31. The van der Waals surface area contributed by atoms with Crippen molar-refractivity contribution in [2.45, 2.75) is 6.42 Å². The number of para-hydroxylation sites is 1. The number of nitrogens with zero attached hydrogens (tertiary/aromatic N) is 2. The number of benzene rings is 1. The number of amides is 1. The van der Waals surface area contributed by atoms with E-state index in [0.717, 1.165) is 10.9 Å². The number of hydrogen-bond donors (Lipinski definition) is 4. The normalized spacial score (nSPS) is 10.3. The van der Waals surface area contributed by atoms with E-state index >= 15 is 0 Å². The number of carbonyl (C=O) groups excluding carboxylic acids is 1. The Morgan fingerprint density at radius 2 is 2.06 bits per heavy atom. The first-order chi connectivity index (χ1) is 8.70. The first kappa shape index (κ1) is 12.1. The maximum atomic E-state index is 10.7. The average Bonchev–Trinajstić information content (AvgIpc) is 2.38. The lowest BCUT2D eigenvalue weighted by molar-refractivity contribution is -0.117. The van der Waals surface area contributed by atoms with Crippen LogP contribution in [0, 0.1) is 0 Å². The summed E-state index contributed by atoms with van der Waals surface area (Å²) in [6, 6.07) is 7.52. The number of aromatic nitrogens is 2. The molecule has 0 fully saturated rings. The molecule has 0 bridgehead atoms. The predicted octanol–water partition coefficient (Wildman–Crippen LogP) is 0.203. The molecule has 2 aromatic rings. The van der Waals surface area contributed by atoms with Crippen molar-refractivity contribution in [3.8, 4) is 0 Å². The number of nitrogens with one attached hydrogen (secondary N) is 2. The fourth-order valence-corrected chi connectivity index (χ4v) is 1.58. The Bertz CT molecular complexity index is 570. The van der Waals surface area contributed by atoms with E-state index in [1.165, 1.54) is 0 Å². The standard InChI is InChI=1S/C11H14N6O/c12-9(18)5-6-14-10-7-3-1-2-4-8(7)15-11(16-10)17-13/h1-4H,5-6,13H2,(H2,12,18)(H2,14,15,16,17). The molecule has 1 aromatic heterocycles. The van der Waals surface area contributed by atoms with E-state index in [-0.39, 0.29) is 12.3 Å². The van der Waals surface area contributed by atoms with Gasteiger partial charge in [0.2, 0.25) is 11.9 Å². The van der Waals surface area contributed by atoms with Gasteiger partial charge >= 0.3 is 0 Å². The van der Waals surface area contributed by atoms with Crippen molar-refractivity contribution in [2.75, 3.05) is 17.3 Å². The molecule has 0 aliphatic heterocycles. The molecule has 94 valence electrons. The molecule has 0 radical (unpaired) electrons. The predicted molar refractivity (Wildman–Crippen MR) is 69.6 cm³/mol. The zero-order valence-electron chi connectivity index (χ0n) is 9.68. The molecule has 1 aromatic carbocycles. The number of nitrogen functional groups attached to an aromatic ring is 1. The topological polar surface area (TPSA) is 119 Å². The van der Waals surface area contributed by atoms with Gasteiger partial charge in [-0.05, 0) is 12.1 Å². The lowest BCUT2D eigenvalue weighted by Crippen LogP contribution is -2.17. The minimum absolute atomic E-state index is 0.240. The molecular formula is C11H14N6O. The van der Waals surface area contributed by atoms with Crippen LogP contribution in [-0.2, 0) is 4.79 Å². The summed E-state index contributed by atoms with van der Waals surface area (Å²) in [5, 5.41) is 3.91. The van der Waals surface area contributed by atoms with E-state index in [0.29, 0.717) is 18.3 Å². The van der Waals surface area contributed by atoms with Crippen LogP contribution < -0.4 is 22.3 Å². The summed E-state index contributed by atoms with van der Waals surface area (Å²) < 4.78 is 0. The van der Waals surface area contributed by atoms with Gasteiger partial charge < -0.3 is 11.1 Å². The van der Waals surface area contributed by atoms with E-state index in [2.05, 4.69) is 20.7 Å². The van der Waals surface area contributed by atoms with Gasteiger partial charge in [0.05, 0.1) is 5.52 Å². The van der Waals surface area contributed by atoms with E-state index < -0.39 is 0 Å². The van der Waals surface area contributed by atoms with Gasteiger partial charge in [0, 0.05) is 18.4 Å². The molecule has 0 saturated heterocycles. The summed E-state index contributed by atoms with van der Waals surface area (Å²) in [6.45, 7) is 0.417. The Morgan fingerprint density at radius 1 is 1.28 bits per heavy atom. The number of anilines is 2. The van der Waals surface area contributed by atoms with Gasteiger partial charge in [-0.2, -0.15) is 4.98 Å². The number of fused-ring (bicyclic) bond motifs is 1.